The normalized spacial score (nSPS) is 11.3. The first kappa shape index (κ1) is 21.0. The van der Waals surface area contributed by atoms with E-state index in [-0.39, 0.29) is 18.8 Å². The molecule has 8 heteroatoms. The van der Waals surface area contributed by atoms with Gasteiger partial charge in [0.1, 0.15) is 30.5 Å². The van der Waals surface area contributed by atoms with Crippen molar-refractivity contribution in [1.29, 1.82) is 0 Å². The molecule has 30 heavy (non-hydrogen) atoms. The number of ether oxygens (including phenoxy) is 1. The van der Waals surface area contributed by atoms with Crippen LogP contribution in [0.1, 0.15) is 24.7 Å². The first-order valence-corrected chi connectivity index (χ1v) is 9.41. The number of carboxylic acid groups (broad SMARTS) is 1. The van der Waals surface area contributed by atoms with E-state index in [1.54, 1.807) is 42.5 Å². The van der Waals surface area contributed by atoms with Crippen molar-refractivity contribution in [2.45, 2.75) is 19.8 Å². The van der Waals surface area contributed by atoms with Gasteiger partial charge in [-0.3, -0.25) is 4.79 Å². The number of oxime groups is 1. The Morgan fingerprint density at radius 1 is 1.20 bits per heavy atom. The van der Waals surface area contributed by atoms with Crippen LogP contribution in [0.2, 0.25) is 0 Å². The van der Waals surface area contributed by atoms with Crippen LogP contribution in [0.25, 0.3) is 11.3 Å². The van der Waals surface area contributed by atoms with Gasteiger partial charge in [-0.2, -0.15) is 0 Å². The van der Waals surface area contributed by atoms with E-state index >= 15 is 0 Å². The molecule has 3 rings (SSSR count). The number of hydrogen-bond donors (Lipinski definition) is 1. The van der Waals surface area contributed by atoms with Gasteiger partial charge in [-0.05, 0) is 36.8 Å². The highest BCUT2D eigenvalue weighted by molar-refractivity contribution is 5.99. The van der Waals surface area contributed by atoms with Gasteiger partial charge in [0.2, 0.25) is 0 Å². The Balaban J connectivity index is 1.80. The quantitative estimate of drug-likeness (QED) is 0.303. The molecule has 0 bridgehead atoms. The highest BCUT2D eigenvalue weighted by Crippen LogP contribution is 2.22. The summed E-state index contributed by atoms with van der Waals surface area (Å²) in [6, 6.07) is 14.4. The molecule has 0 aliphatic heterocycles. The van der Waals surface area contributed by atoms with Crippen LogP contribution in [0, 0.1) is 5.82 Å². The molecule has 1 heterocycles. The largest absolute Gasteiger partial charge is 0.487 e. The Bertz CT molecular complexity index is 1010. The number of halogens is 1. The molecule has 3 aromatic rings. The third-order valence-corrected chi connectivity index (χ3v) is 4.08. The predicted octanol–water partition coefficient (Wildman–Crippen LogP) is 4.32. The summed E-state index contributed by atoms with van der Waals surface area (Å²) < 4.78 is 24.4. The maximum atomic E-state index is 13.1. The molecule has 1 aromatic heterocycles. The smallest absolute Gasteiger partial charge is 0.307 e. The number of carboxylic acids is 1. The molecule has 0 atom stereocenters. The number of nitrogens with zero attached hydrogens (tertiary/aromatic N) is 2. The first-order valence-electron chi connectivity index (χ1n) is 9.41. The molecule has 0 aliphatic carbocycles. The van der Waals surface area contributed by atoms with Crippen LogP contribution in [-0.4, -0.2) is 35.2 Å². The fourth-order valence-corrected chi connectivity index (χ4v) is 2.62. The second kappa shape index (κ2) is 10.2. The molecule has 2 aromatic carbocycles. The maximum absolute atomic E-state index is 13.1. The minimum Gasteiger partial charge on any atom is -0.487 e. The van der Waals surface area contributed by atoms with E-state index in [9.17, 15) is 9.18 Å². The second-order valence-corrected chi connectivity index (χ2v) is 6.42. The van der Waals surface area contributed by atoms with Gasteiger partial charge in [-0.25, -0.2) is 4.39 Å². The molecule has 0 spiro atoms. The standard InChI is InChI=1S/C22H21FN2O5/c1-2-11-29-24-19(14-28-20-6-4-3-5-16(20)12-22(26)27)21-13-18(25-30-21)15-7-9-17(23)10-8-15/h3-10,13H,2,11-12,14H2,1H3,(H,26,27)/b24-19+. The number of hydrogen-bond acceptors (Lipinski definition) is 6. The van der Waals surface area contributed by atoms with E-state index in [4.69, 9.17) is 19.2 Å². The highest BCUT2D eigenvalue weighted by atomic mass is 19.1. The van der Waals surface area contributed by atoms with Crippen LogP contribution in [0.15, 0.2) is 64.3 Å². The average Bonchev–Trinajstić information content (AvgIpc) is 3.22. The monoisotopic (exact) mass is 412 g/mol. The van der Waals surface area contributed by atoms with E-state index < -0.39 is 5.97 Å². The summed E-state index contributed by atoms with van der Waals surface area (Å²) in [5.74, 6) is -0.529. The minimum atomic E-state index is -0.953. The van der Waals surface area contributed by atoms with Crippen molar-refractivity contribution in [1.82, 2.24) is 5.16 Å². The number of rotatable bonds is 10. The van der Waals surface area contributed by atoms with E-state index in [0.29, 0.717) is 40.6 Å². The van der Waals surface area contributed by atoms with E-state index in [0.717, 1.165) is 6.42 Å². The van der Waals surface area contributed by atoms with Crippen molar-refractivity contribution in [3.63, 3.8) is 0 Å². The van der Waals surface area contributed by atoms with E-state index in [1.165, 1.54) is 12.1 Å². The number of carbonyl (C=O) groups is 1. The molecule has 0 unspecified atom stereocenters. The molecule has 0 radical (unpaired) electrons. The van der Waals surface area contributed by atoms with Gasteiger partial charge in [0.05, 0.1) is 6.42 Å². The van der Waals surface area contributed by atoms with Crippen LogP contribution in [0.5, 0.6) is 5.75 Å². The lowest BCUT2D eigenvalue weighted by Gasteiger charge is -2.10. The molecule has 0 fully saturated rings. The molecular weight excluding hydrogens is 391 g/mol. The topological polar surface area (TPSA) is 94.2 Å². The van der Waals surface area contributed by atoms with Crippen molar-refractivity contribution in [2.24, 2.45) is 5.16 Å². The Hall–Kier alpha value is -3.68. The van der Waals surface area contributed by atoms with Gasteiger partial charge in [0, 0.05) is 17.2 Å². The minimum absolute atomic E-state index is 0.0155. The Morgan fingerprint density at radius 3 is 2.70 bits per heavy atom. The van der Waals surface area contributed by atoms with Gasteiger partial charge in [0.25, 0.3) is 0 Å². The van der Waals surface area contributed by atoms with Crippen molar-refractivity contribution in [3.05, 3.63) is 71.7 Å². The fourth-order valence-electron chi connectivity index (χ4n) is 2.62. The Labute approximate surface area is 172 Å². The lowest BCUT2D eigenvalue weighted by molar-refractivity contribution is -0.136. The van der Waals surface area contributed by atoms with Crippen molar-refractivity contribution in [2.75, 3.05) is 13.2 Å². The first-order chi connectivity index (χ1) is 14.6. The number of para-hydroxylation sites is 1. The zero-order valence-electron chi connectivity index (χ0n) is 16.4. The molecule has 1 N–H and O–H groups in total. The molecule has 156 valence electrons. The van der Waals surface area contributed by atoms with Crippen molar-refractivity contribution >= 4 is 11.7 Å². The van der Waals surface area contributed by atoms with Gasteiger partial charge < -0.3 is 19.2 Å². The molecule has 0 amide bonds. The van der Waals surface area contributed by atoms with Gasteiger partial charge >= 0.3 is 5.97 Å². The average molecular weight is 412 g/mol. The predicted molar refractivity (Wildman–Crippen MR) is 108 cm³/mol. The van der Waals surface area contributed by atoms with Gasteiger partial charge in [-0.15, -0.1) is 0 Å². The van der Waals surface area contributed by atoms with Gasteiger partial charge in [-0.1, -0.05) is 35.4 Å². The van der Waals surface area contributed by atoms with E-state index in [2.05, 4.69) is 10.3 Å². The molecule has 0 saturated carbocycles. The lowest BCUT2D eigenvalue weighted by Crippen LogP contribution is -2.14. The fraction of sp³-hybridized carbons (Fsp3) is 0.227. The summed E-state index contributed by atoms with van der Waals surface area (Å²) in [5, 5.41) is 17.2. The maximum Gasteiger partial charge on any atom is 0.307 e. The Morgan fingerprint density at radius 2 is 1.97 bits per heavy atom. The summed E-state index contributed by atoms with van der Waals surface area (Å²) in [4.78, 5) is 16.4. The number of benzene rings is 2. The third kappa shape index (κ3) is 5.66. The summed E-state index contributed by atoms with van der Waals surface area (Å²) in [7, 11) is 0. The molecule has 0 aliphatic rings. The van der Waals surface area contributed by atoms with Crippen LogP contribution in [0.4, 0.5) is 4.39 Å². The molecule has 7 nitrogen and oxygen atoms in total. The summed E-state index contributed by atoms with van der Waals surface area (Å²) in [6.07, 6.45) is 0.613. The van der Waals surface area contributed by atoms with Crippen LogP contribution in [0.3, 0.4) is 0 Å². The summed E-state index contributed by atoms with van der Waals surface area (Å²) in [6.45, 7) is 2.35. The van der Waals surface area contributed by atoms with Crippen LogP contribution in [-0.2, 0) is 16.1 Å². The summed E-state index contributed by atoms with van der Waals surface area (Å²) >= 11 is 0. The second-order valence-electron chi connectivity index (χ2n) is 6.42. The van der Waals surface area contributed by atoms with E-state index in [1.807, 2.05) is 6.92 Å². The molecule has 0 saturated heterocycles. The zero-order valence-corrected chi connectivity index (χ0v) is 16.4. The highest BCUT2D eigenvalue weighted by Gasteiger charge is 2.16. The lowest BCUT2D eigenvalue weighted by atomic mass is 10.1. The van der Waals surface area contributed by atoms with Crippen LogP contribution >= 0.6 is 0 Å². The van der Waals surface area contributed by atoms with Gasteiger partial charge in [0.15, 0.2) is 11.5 Å². The van der Waals surface area contributed by atoms with Crippen molar-refractivity contribution in [3.8, 4) is 17.0 Å². The Kier molecular flexibility index (Phi) is 7.15. The number of aromatic nitrogens is 1. The zero-order chi connectivity index (χ0) is 21.3. The van der Waals surface area contributed by atoms with Crippen LogP contribution < -0.4 is 4.74 Å². The number of aliphatic carboxylic acids is 1. The SMILES string of the molecule is CCCO/N=C(\COc1ccccc1CC(=O)O)c1cc(-c2ccc(F)cc2)no1. The summed E-state index contributed by atoms with van der Waals surface area (Å²) in [5.41, 5.74) is 2.10. The van der Waals surface area contributed by atoms with Crippen molar-refractivity contribution < 1.29 is 28.4 Å². The third-order valence-electron chi connectivity index (χ3n) is 4.08. The molecular formula is C22H21FN2O5.